The summed E-state index contributed by atoms with van der Waals surface area (Å²) in [5.41, 5.74) is 4.66. The smallest absolute Gasteiger partial charge is 0.147 e. The standard InChI is InChI=1S/C32H34N2O2/c1-23(2)28-17-14-24(3)20-31(28)35-19-9-8-18-34-30-13-7-6-12-29(30)33-32(34)22-36-27-16-15-25-10-4-5-11-26(25)21-27/h4-7,10-17,20-21,23H,8-9,18-19,22H2,1-3H3. The van der Waals surface area contributed by atoms with Crippen molar-refractivity contribution >= 4 is 21.8 Å². The monoisotopic (exact) mass is 478 g/mol. The number of rotatable bonds is 10. The van der Waals surface area contributed by atoms with E-state index in [1.807, 2.05) is 12.1 Å². The van der Waals surface area contributed by atoms with Crippen molar-refractivity contribution in [1.82, 2.24) is 9.55 Å². The van der Waals surface area contributed by atoms with Crippen molar-refractivity contribution in [2.24, 2.45) is 0 Å². The van der Waals surface area contributed by atoms with E-state index in [4.69, 9.17) is 14.5 Å². The lowest BCUT2D eigenvalue weighted by atomic mass is 10.0. The molecule has 1 aromatic heterocycles. The first kappa shape index (κ1) is 23.9. The molecule has 0 aliphatic rings. The predicted octanol–water partition coefficient (Wildman–Crippen LogP) is 8.06. The van der Waals surface area contributed by atoms with Crippen LogP contribution < -0.4 is 9.47 Å². The van der Waals surface area contributed by atoms with Crippen molar-refractivity contribution in [2.45, 2.75) is 52.7 Å². The highest BCUT2D eigenvalue weighted by Gasteiger charge is 2.12. The molecule has 4 aromatic carbocycles. The van der Waals surface area contributed by atoms with Crippen LogP contribution in [-0.4, -0.2) is 16.2 Å². The third kappa shape index (κ3) is 5.38. The summed E-state index contributed by atoms with van der Waals surface area (Å²) in [5.74, 6) is 3.27. The second-order valence-electron chi connectivity index (χ2n) is 9.72. The average Bonchev–Trinajstić information content (AvgIpc) is 3.24. The summed E-state index contributed by atoms with van der Waals surface area (Å²) < 4.78 is 14.7. The molecule has 0 atom stereocenters. The summed E-state index contributed by atoms with van der Waals surface area (Å²) >= 11 is 0. The Hall–Kier alpha value is -3.79. The van der Waals surface area contributed by atoms with Crippen molar-refractivity contribution < 1.29 is 9.47 Å². The van der Waals surface area contributed by atoms with Gasteiger partial charge in [0.05, 0.1) is 17.6 Å². The van der Waals surface area contributed by atoms with Crippen LogP contribution in [0.15, 0.2) is 84.9 Å². The van der Waals surface area contributed by atoms with E-state index in [0.29, 0.717) is 19.1 Å². The van der Waals surface area contributed by atoms with Gasteiger partial charge in [0, 0.05) is 6.54 Å². The van der Waals surface area contributed by atoms with Crippen molar-refractivity contribution in [2.75, 3.05) is 6.61 Å². The maximum Gasteiger partial charge on any atom is 0.147 e. The highest BCUT2D eigenvalue weighted by atomic mass is 16.5. The average molecular weight is 479 g/mol. The summed E-state index contributed by atoms with van der Waals surface area (Å²) in [6, 6.07) is 29.4. The number of hydrogen-bond donors (Lipinski definition) is 0. The second kappa shape index (κ2) is 10.9. The quantitative estimate of drug-likeness (QED) is 0.190. The predicted molar refractivity (Wildman–Crippen MR) is 148 cm³/mol. The molecule has 5 aromatic rings. The van der Waals surface area contributed by atoms with Crippen LogP contribution in [0.5, 0.6) is 11.5 Å². The Labute approximate surface area is 213 Å². The maximum absolute atomic E-state index is 6.21. The Bertz CT molecular complexity index is 1470. The van der Waals surface area contributed by atoms with Gasteiger partial charge in [-0.2, -0.15) is 0 Å². The number of hydrogen-bond acceptors (Lipinski definition) is 3. The van der Waals surface area contributed by atoms with Gasteiger partial charge in [0.1, 0.15) is 23.9 Å². The number of nitrogens with zero attached hydrogens (tertiary/aromatic N) is 2. The summed E-state index contributed by atoms with van der Waals surface area (Å²) in [5, 5.41) is 2.39. The number of aromatic nitrogens is 2. The SMILES string of the molecule is Cc1ccc(C(C)C)c(OCCCCn2c(COc3ccc4ccccc4c3)nc3ccccc32)c1. The third-order valence-corrected chi connectivity index (χ3v) is 6.65. The zero-order chi connectivity index (χ0) is 24.9. The lowest BCUT2D eigenvalue weighted by molar-refractivity contribution is 0.284. The van der Waals surface area contributed by atoms with Gasteiger partial charge in [-0.1, -0.05) is 68.4 Å². The lowest BCUT2D eigenvalue weighted by Gasteiger charge is -2.15. The Balaban J connectivity index is 1.24. The first-order valence-corrected chi connectivity index (χ1v) is 12.9. The van der Waals surface area contributed by atoms with E-state index in [0.717, 1.165) is 47.7 Å². The summed E-state index contributed by atoms with van der Waals surface area (Å²) in [6.07, 6.45) is 1.98. The van der Waals surface area contributed by atoms with Gasteiger partial charge >= 0.3 is 0 Å². The molecule has 0 N–H and O–H groups in total. The lowest BCUT2D eigenvalue weighted by Crippen LogP contribution is -2.09. The number of aryl methyl sites for hydroxylation is 2. The van der Waals surface area contributed by atoms with Gasteiger partial charge in [-0.25, -0.2) is 4.98 Å². The minimum absolute atomic E-state index is 0.435. The molecule has 0 saturated heterocycles. The van der Waals surface area contributed by atoms with Gasteiger partial charge in [-0.3, -0.25) is 0 Å². The molecule has 0 fully saturated rings. The Morgan fingerprint density at radius 3 is 2.47 bits per heavy atom. The van der Waals surface area contributed by atoms with Crippen molar-refractivity contribution in [3.8, 4) is 11.5 Å². The molecule has 1 heterocycles. The van der Waals surface area contributed by atoms with Crippen LogP contribution in [0.3, 0.4) is 0 Å². The summed E-state index contributed by atoms with van der Waals surface area (Å²) in [7, 11) is 0. The van der Waals surface area contributed by atoms with E-state index in [9.17, 15) is 0 Å². The summed E-state index contributed by atoms with van der Waals surface area (Å²) in [4.78, 5) is 4.88. The molecule has 0 aliphatic heterocycles. The van der Waals surface area contributed by atoms with E-state index in [1.165, 1.54) is 21.9 Å². The number of fused-ring (bicyclic) bond motifs is 2. The van der Waals surface area contributed by atoms with Crippen LogP contribution in [0.1, 0.15) is 49.6 Å². The van der Waals surface area contributed by atoms with Gasteiger partial charge in [0.2, 0.25) is 0 Å². The van der Waals surface area contributed by atoms with E-state index < -0.39 is 0 Å². The highest BCUT2D eigenvalue weighted by molar-refractivity contribution is 5.83. The molecule has 5 rings (SSSR count). The van der Waals surface area contributed by atoms with Gasteiger partial charge < -0.3 is 14.0 Å². The first-order valence-electron chi connectivity index (χ1n) is 12.9. The molecule has 0 spiro atoms. The summed E-state index contributed by atoms with van der Waals surface area (Å²) in [6.45, 7) is 8.56. The third-order valence-electron chi connectivity index (χ3n) is 6.65. The molecule has 0 saturated carbocycles. The maximum atomic E-state index is 6.21. The topological polar surface area (TPSA) is 36.3 Å². The minimum atomic E-state index is 0.435. The molecule has 36 heavy (non-hydrogen) atoms. The Morgan fingerprint density at radius 1 is 0.806 bits per heavy atom. The van der Waals surface area contributed by atoms with Crippen LogP contribution in [0.25, 0.3) is 21.8 Å². The van der Waals surface area contributed by atoms with E-state index in [-0.39, 0.29) is 0 Å². The fraction of sp³-hybridized carbons (Fsp3) is 0.281. The number of unbranched alkanes of at least 4 members (excludes halogenated alkanes) is 1. The molecule has 0 aliphatic carbocycles. The van der Waals surface area contributed by atoms with E-state index >= 15 is 0 Å². The number of imidazole rings is 1. The van der Waals surface area contributed by atoms with Crippen LogP contribution >= 0.6 is 0 Å². The van der Waals surface area contributed by atoms with Crippen LogP contribution in [0, 0.1) is 6.92 Å². The van der Waals surface area contributed by atoms with Gasteiger partial charge in [-0.05, 0) is 77.9 Å². The molecule has 4 heteroatoms. The van der Waals surface area contributed by atoms with Gasteiger partial charge in [-0.15, -0.1) is 0 Å². The normalized spacial score (nSPS) is 11.4. The van der Waals surface area contributed by atoms with Crippen molar-refractivity contribution in [1.29, 1.82) is 0 Å². The Morgan fingerprint density at radius 2 is 1.61 bits per heavy atom. The van der Waals surface area contributed by atoms with E-state index in [1.54, 1.807) is 0 Å². The molecule has 184 valence electrons. The number of para-hydroxylation sites is 2. The molecule has 0 unspecified atom stereocenters. The van der Waals surface area contributed by atoms with Crippen molar-refractivity contribution in [3.63, 3.8) is 0 Å². The molecular weight excluding hydrogens is 444 g/mol. The fourth-order valence-electron chi connectivity index (χ4n) is 4.69. The largest absolute Gasteiger partial charge is 0.493 e. The fourth-order valence-corrected chi connectivity index (χ4v) is 4.69. The van der Waals surface area contributed by atoms with Gasteiger partial charge in [0.25, 0.3) is 0 Å². The molecule has 0 bridgehead atoms. The van der Waals surface area contributed by atoms with E-state index in [2.05, 4.69) is 98.1 Å². The molecular formula is C32H34N2O2. The zero-order valence-electron chi connectivity index (χ0n) is 21.4. The number of ether oxygens (including phenoxy) is 2. The Kier molecular flexibility index (Phi) is 7.22. The second-order valence-corrected chi connectivity index (χ2v) is 9.72. The zero-order valence-corrected chi connectivity index (χ0v) is 21.4. The van der Waals surface area contributed by atoms with Gasteiger partial charge in [0.15, 0.2) is 0 Å². The first-order chi connectivity index (χ1) is 17.6. The molecule has 0 amide bonds. The van der Waals surface area contributed by atoms with Crippen LogP contribution in [0.2, 0.25) is 0 Å². The molecule has 4 nitrogen and oxygen atoms in total. The van der Waals surface area contributed by atoms with Crippen molar-refractivity contribution in [3.05, 3.63) is 102 Å². The highest BCUT2D eigenvalue weighted by Crippen LogP contribution is 2.28. The number of benzene rings is 4. The molecule has 0 radical (unpaired) electrons. The van der Waals surface area contributed by atoms with Crippen LogP contribution in [0.4, 0.5) is 0 Å². The minimum Gasteiger partial charge on any atom is -0.493 e. The van der Waals surface area contributed by atoms with Crippen LogP contribution in [-0.2, 0) is 13.2 Å².